The monoisotopic (exact) mass is 356 g/mol. The van der Waals surface area contributed by atoms with E-state index in [1.165, 1.54) is 16.2 Å². The molecule has 0 saturated heterocycles. The highest BCUT2D eigenvalue weighted by atomic mass is 16.2. The first-order chi connectivity index (χ1) is 12.4. The molecule has 0 spiro atoms. The molecule has 8 nitrogen and oxygen atoms in total. The van der Waals surface area contributed by atoms with Gasteiger partial charge in [0.05, 0.1) is 6.54 Å². The van der Waals surface area contributed by atoms with Gasteiger partial charge in [0.2, 0.25) is 5.91 Å². The zero-order chi connectivity index (χ0) is 18.4. The third-order valence-electron chi connectivity index (χ3n) is 5.24. The molecule has 0 bridgehead atoms. The van der Waals surface area contributed by atoms with Crippen LogP contribution in [-0.2, 0) is 11.3 Å². The Morgan fingerprint density at radius 1 is 1.19 bits per heavy atom. The maximum absolute atomic E-state index is 12.3. The summed E-state index contributed by atoms with van der Waals surface area (Å²) < 4.78 is 1.93. The van der Waals surface area contributed by atoms with Crippen molar-refractivity contribution in [1.82, 2.24) is 19.6 Å². The van der Waals surface area contributed by atoms with Crippen molar-refractivity contribution in [2.75, 3.05) is 44.4 Å². The van der Waals surface area contributed by atoms with E-state index in [1.54, 1.807) is 14.1 Å². The molecule has 0 fully saturated rings. The Kier molecular flexibility index (Phi) is 3.97. The number of carbonyl (C=O) groups is 2. The molecule has 138 valence electrons. The van der Waals surface area contributed by atoms with E-state index in [0.717, 1.165) is 50.3 Å². The molecule has 3 aliphatic rings. The molecule has 1 aliphatic carbocycles. The fourth-order valence-corrected chi connectivity index (χ4v) is 3.75. The van der Waals surface area contributed by atoms with Gasteiger partial charge in [-0.25, -0.2) is 9.48 Å². The number of anilines is 2. The van der Waals surface area contributed by atoms with Crippen LogP contribution in [-0.4, -0.2) is 65.8 Å². The normalized spacial score (nSPS) is 19.3. The van der Waals surface area contributed by atoms with Crippen LogP contribution in [0.2, 0.25) is 0 Å². The van der Waals surface area contributed by atoms with Crippen LogP contribution >= 0.6 is 0 Å². The summed E-state index contributed by atoms with van der Waals surface area (Å²) in [6.45, 7) is 2.44. The lowest BCUT2D eigenvalue weighted by Gasteiger charge is -2.31. The topological polar surface area (TPSA) is 73.7 Å². The minimum absolute atomic E-state index is 0.168. The van der Waals surface area contributed by atoms with E-state index < -0.39 is 0 Å². The van der Waals surface area contributed by atoms with Gasteiger partial charge in [0.1, 0.15) is 5.82 Å². The molecule has 0 aromatic carbocycles. The van der Waals surface area contributed by atoms with Crippen LogP contribution in [0.25, 0.3) is 0 Å². The number of likely N-dealkylation sites (N-methyl/N-ethyl adjacent to an activating group) is 1. The van der Waals surface area contributed by atoms with E-state index in [2.05, 4.69) is 21.4 Å². The van der Waals surface area contributed by atoms with Crippen LogP contribution in [0, 0.1) is 0 Å². The fourth-order valence-electron chi connectivity index (χ4n) is 3.75. The summed E-state index contributed by atoms with van der Waals surface area (Å²) in [5.41, 5.74) is 3.37. The molecular weight excluding hydrogens is 332 g/mol. The van der Waals surface area contributed by atoms with Gasteiger partial charge < -0.3 is 14.7 Å². The summed E-state index contributed by atoms with van der Waals surface area (Å²) in [4.78, 5) is 29.7. The summed E-state index contributed by atoms with van der Waals surface area (Å²) in [6, 6.07) is 1.73. The maximum Gasteiger partial charge on any atom is 0.322 e. The second-order valence-corrected chi connectivity index (χ2v) is 7.20. The molecule has 0 radical (unpaired) electrons. The first-order valence-corrected chi connectivity index (χ1v) is 8.96. The number of amides is 3. The van der Waals surface area contributed by atoms with Gasteiger partial charge in [-0.05, 0) is 30.9 Å². The minimum atomic E-state index is -0.190. The lowest BCUT2D eigenvalue weighted by Crippen LogP contribution is -2.35. The summed E-state index contributed by atoms with van der Waals surface area (Å²) >= 11 is 0. The molecule has 26 heavy (non-hydrogen) atoms. The Labute approximate surface area is 152 Å². The Hall–Kier alpha value is -2.77. The Morgan fingerprint density at radius 2 is 2.00 bits per heavy atom. The van der Waals surface area contributed by atoms with E-state index in [1.807, 2.05) is 22.7 Å². The lowest BCUT2D eigenvalue weighted by atomic mass is 9.89. The van der Waals surface area contributed by atoms with E-state index in [4.69, 9.17) is 0 Å². The quantitative estimate of drug-likeness (QED) is 0.874. The number of aromatic nitrogens is 2. The predicted molar refractivity (Wildman–Crippen MR) is 98.9 cm³/mol. The Balaban J connectivity index is 1.57. The van der Waals surface area contributed by atoms with Crippen LogP contribution in [0.3, 0.4) is 0 Å². The van der Waals surface area contributed by atoms with Crippen molar-refractivity contribution >= 4 is 23.6 Å². The van der Waals surface area contributed by atoms with Crippen LogP contribution in [0.1, 0.15) is 19.3 Å². The van der Waals surface area contributed by atoms with Crippen molar-refractivity contribution in [3.8, 4) is 0 Å². The number of nitrogens with one attached hydrogen (secondary N) is 1. The number of hydrogen-bond donors (Lipinski definition) is 1. The Morgan fingerprint density at radius 3 is 2.77 bits per heavy atom. The second kappa shape index (κ2) is 6.19. The smallest absolute Gasteiger partial charge is 0.322 e. The third-order valence-corrected chi connectivity index (χ3v) is 5.24. The number of hydrogen-bond acceptors (Lipinski definition) is 4. The van der Waals surface area contributed by atoms with Gasteiger partial charge in [-0.2, -0.15) is 5.10 Å². The molecule has 2 aliphatic heterocycles. The summed E-state index contributed by atoms with van der Waals surface area (Å²) in [7, 11) is 5.27. The maximum atomic E-state index is 12.3. The van der Waals surface area contributed by atoms with Gasteiger partial charge in [0, 0.05) is 51.6 Å². The summed E-state index contributed by atoms with van der Waals surface area (Å²) in [6.07, 6.45) is 4.74. The number of fused-ring (bicyclic) bond motifs is 1. The van der Waals surface area contributed by atoms with Gasteiger partial charge in [0.15, 0.2) is 5.82 Å². The van der Waals surface area contributed by atoms with Crippen molar-refractivity contribution < 1.29 is 9.59 Å². The van der Waals surface area contributed by atoms with E-state index in [-0.39, 0.29) is 11.9 Å². The molecular formula is C18H24N6O2. The zero-order valence-corrected chi connectivity index (χ0v) is 15.4. The van der Waals surface area contributed by atoms with Gasteiger partial charge in [0.25, 0.3) is 0 Å². The number of rotatable bonds is 2. The highest BCUT2D eigenvalue weighted by Crippen LogP contribution is 2.36. The van der Waals surface area contributed by atoms with E-state index >= 15 is 0 Å². The fraction of sp³-hybridized carbons (Fsp3) is 0.500. The summed E-state index contributed by atoms with van der Waals surface area (Å²) in [5, 5.41) is 7.28. The second-order valence-electron chi connectivity index (χ2n) is 7.20. The van der Waals surface area contributed by atoms with Crippen LogP contribution in [0.15, 0.2) is 29.0 Å². The molecule has 1 N–H and O–H groups in total. The van der Waals surface area contributed by atoms with E-state index in [9.17, 15) is 9.59 Å². The third kappa shape index (κ3) is 2.75. The number of allylic oxidation sites excluding steroid dienone is 2. The largest absolute Gasteiger partial charge is 0.342 e. The number of nitrogens with zero attached hydrogens (tertiary/aromatic N) is 5. The van der Waals surface area contributed by atoms with Crippen LogP contribution in [0.4, 0.5) is 16.4 Å². The molecule has 3 amide bonds. The van der Waals surface area contributed by atoms with Crippen LogP contribution in [0.5, 0.6) is 0 Å². The highest BCUT2D eigenvalue weighted by Gasteiger charge is 2.30. The van der Waals surface area contributed by atoms with Gasteiger partial charge in [-0.15, -0.1) is 0 Å². The van der Waals surface area contributed by atoms with Crippen molar-refractivity contribution in [1.29, 1.82) is 0 Å². The van der Waals surface area contributed by atoms with Crippen molar-refractivity contribution in [2.24, 2.45) is 0 Å². The molecule has 8 heteroatoms. The molecule has 4 rings (SSSR count). The SMILES string of the molecule is CN(C)C(=O)Nc1cc2n(n1)CCN2C1=CC2=C(CC1)C(=O)N(C)CC2. The van der Waals surface area contributed by atoms with Crippen LogP contribution < -0.4 is 10.2 Å². The summed E-state index contributed by atoms with van der Waals surface area (Å²) in [5.74, 6) is 1.73. The first-order valence-electron chi connectivity index (χ1n) is 8.96. The van der Waals surface area contributed by atoms with Crippen molar-refractivity contribution in [3.63, 3.8) is 0 Å². The molecule has 3 heterocycles. The minimum Gasteiger partial charge on any atom is -0.342 e. The van der Waals surface area contributed by atoms with Crippen molar-refractivity contribution in [3.05, 3.63) is 29.0 Å². The molecule has 1 aromatic rings. The standard InChI is InChI=1S/C18H24N6O2/c1-21(2)18(26)19-15-11-16-23(8-9-24(16)20-15)13-4-5-14-12(10-13)6-7-22(3)17(14)25/h10-11H,4-9H2,1-3H3,(H,19,20,26). The molecule has 0 atom stereocenters. The first kappa shape index (κ1) is 16.7. The van der Waals surface area contributed by atoms with Gasteiger partial charge >= 0.3 is 6.03 Å². The van der Waals surface area contributed by atoms with Crippen molar-refractivity contribution in [2.45, 2.75) is 25.8 Å². The average molecular weight is 356 g/mol. The van der Waals surface area contributed by atoms with E-state index in [0.29, 0.717) is 5.82 Å². The molecule has 0 unspecified atom stereocenters. The number of carbonyl (C=O) groups excluding carboxylic acids is 2. The molecule has 1 aromatic heterocycles. The van der Waals surface area contributed by atoms with Gasteiger partial charge in [-0.3, -0.25) is 10.1 Å². The Bertz CT molecular complexity index is 835. The van der Waals surface area contributed by atoms with Gasteiger partial charge in [-0.1, -0.05) is 0 Å². The zero-order valence-electron chi connectivity index (χ0n) is 15.4. The lowest BCUT2D eigenvalue weighted by molar-refractivity contribution is -0.126. The number of urea groups is 1. The predicted octanol–water partition coefficient (Wildman–Crippen LogP) is 1.63. The average Bonchev–Trinajstić information content (AvgIpc) is 3.17. The molecule has 0 saturated carbocycles. The highest BCUT2D eigenvalue weighted by molar-refractivity contribution is 5.96.